The van der Waals surface area contributed by atoms with E-state index in [0.717, 1.165) is 4.90 Å². The van der Waals surface area contributed by atoms with Crippen LogP contribution in [0.25, 0.3) is 0 Å². The number of amides is 2. The largest absolute Gasteiger partial charge is 0.480 e. The summed E-state index contributed by atoms with van der Waals surface area (Å²) in [5.74, 6) is -0.285. The van der Waals surface area contributed by atoms with E-state index in [1.807, 2.05) is 0 Å². The molecule has 2 aliphatic rings. The molecule has 2 aliphatic heterocycles. The fourth-order valence-corrected chi connectivity index (χ4v) is 2.13. The Morgan fingerprint density at radius 2 is 2.00 bits per heavy atom. The minimum absolute atomic E-state index is 0.188. The first-order valence-electron chi connectivity index (χ1n) is 5.25. The number of hydrogen-bond donors (Lipinski definition) is 1. The van der Waals surface area contributed by atoms with Crippen LogP contribution in [0.5, 0.6) is 0 Å². The number of carbonyl (C=O) groups excluding carboxylic acids is 2. The summed E-state index contributed by atoms with van der Waals surface area (Å²) in [4.78, 5) is 35.5. The van der Waals surface area contributed by atoms with Crippen LogP contribution in [0.3, 0.4) is 0 Å². The maximum atomic E-state index is 11.9. The van der Waals surface area contributed by atoms with Crippen molar-refractivity contribution in [3.63, 3.8) is 0 Å². The second kappa shape index (κ2) is 4.18. The van der Waals surface area contributed by atoms with E-state index in [1.54, 1.807) is 0 Å². The Morgan fingerprint density at radius 3 is 2.41 bits per heavy atom. The number of carbonyl (C=O) groups is 3. The van der Waals surface area contributed by atoms with Crippen molar-refractivity contribution in [1.29, 1.82) is 0 Å². The number of carboxylic acid groups (broad SMARTS) is 1. The fourth-order valence-electron chi connectivity index (χ4n) is 2.13. The van der Waals surface area contributed by atoms with Gasteiger partial charge in [0.2, 0.25) is 0 Å². The standard InChI is InChI=1S/C11H11NO5/c1-2-3-6(11(15)16)12-9(13)7-4-5-8(17-7)10(12)14/h1,6-8H,3-5H2,(H,15,16). The van der Waals surface area contributed by atoms with Gasteiger partial charge in [-0.3, -0.25) is 14.5 Å². The molecule has 0 aromatic carbocycles. The molecule has 6 heteroatoms. The Labute approximate surface area is 97.5 Å². The van der Waals surface area contributed by atoms with Crippen LogP contribution in [0.4, 0.5) is 0 Å². The van der Waals surface area contributed by atoms with Crippen LogP contribution >= 0.6 is 0 Å². The van der Waals surface area contributed by atoms with Crippen LogP contribution in [0.1, 0.15) is 19.3 Å². The zero-order valence-corrected chi connectivity index (χ0v) is 8.96. The summed E-state index contributed by atoms with van der Waals surface area (Å²) in [6.07, 6.45) is 4.38. The summed E-state index contributed by atoms with van der Waals surface area (Å²) in [6, 6.07) is -1.29. The van der Waals surface area contributed by atoms with Gasteiger partial charge in [-0.2, -0.15) is 0 Å². The number of morpholine rings is 1. The lowest BCUT2D eigenvalue weighted by molar-refractivity contribution is -0.176. The molecular weight excluding hydrogens is 226 g/mol. The molecule has 0 saturated carbocycles. The van der Waals surface area contributed by atoms with Gasteiger partial charge in [-0.15, -0.1) is 12.3 Å². The number of rotatable bonds is 3. The average molecular weight is 237 g/mol. The molecule has 2 rings (SSSR count). The summed E-state index contributed by atoms with van der Waals surface area (Å²) < 4.78 is 5.17. The third kappa shape index (κ3) is 1.78. The maximum absolute atomic E-state index is 11.9. The van der Waals surface area contributed by atoms with E-state index < -0.39 is 36.0 Å². The lowest BCUT2D eigenvalue weighted by Crippen LogP contribution is -2.58. The van der Waals surface area contributed by atoms with Gasteiger partial charge in [0.25, 0.3) is 11.8 Å². The quantitative estimate of drug-likeness (QED) is 0.522. The first kappa shape index (κ1) is 11.6. The highest BCUT2D eigenvalue weighted by molar-refractivity contribution is 6.05. The maximum Gasteiger partial charge on any atom is 0.327 e. The van der Waals surface area contributed by atoms with E-state index in [-0.39, 0.29) is 6.42 Å². The van der Waals surface area contributed by atoms with Crippen LogP contribution in [0.2, 0.25) is 0 Å². The van der Waals surface area contributed by atoms with Crippen molar-refractivity contribution in [2.75, 3.05) is 0 Å². The van der Waals surface area contributed by atoms with Gasteiger partial charge in [0.15, 0.2) is 0 Å². The number of terminal acetylenes is 1. The zero-order valence-electron chi connectivity index (χ0n) is 8.96. The molecule has 2 saturated heterocycles. The summed E-state index contributed by atoms with van der Waals surface area (Å²) in [7, 11) is 0. The highest BCUT2D eigenvalue weighted by Crippen LogP contribution is 2.30. The first-order chi connectivity index (χ1) is 8.06. The molecule has 2 bridgehead atoms. The fraction of sp³-hybridized carbons (Fsp3) is 0.545. The van der Waals surface area contributed by atoms with Crippen molar-refractivity contribution < 1.29 is 24.2 Å². The topological polar surface area (TPSA) is 83.9 Å². The second-order valence-corrected chi connectivity index (χ2v) is 4.00. The molecular formula is C11H11NO5. The van der Waals surface area contributed by atoms with E-state index in [4.69, 9.17) is 16.3 Å². The average Bonchev–Trinajstić information content (AvgIpc) is 2.72. The lowest BCUT2D eigenvalue weighted by Gasteiger charge is -2.33. The Bertz CT molecular complexity index is 402. The number of aliphatic carboxylic acids is 1. The van der Waals surface area contributed by atoms with Crippen molar-refractivity contribution in [2.45, 2.75) is 37.5 Å². The molecule has 0 aromatic rings. The highest BCUT2D eigenvalue weighted by Gasteiger charge is 2.50. The number of nitrogens with zero attached hydrogens (tertiary/aromatic N) is 1. The number of imide groups is 1. The molecule has 3 unspecified atom stereocenters. The van der Waals surface area contributed by atoms with E-state index in [9.17, 15) is 14.4 Å². The molecule has 17 heavy (non-hydrogen) atoms. The van der Waals surface area contributed by atoms with Crippen LogP contribution in [0, 0.1) is 12.3 Å². The van der Waals surface area contributed by atoms with Crippen LogP contribution in [-0.2, 0) is 19.1 Å². The van der Waals surface area contributed by atoms with Gasteiger partial charge in [0, 0.05) is 6.42 Å². The summed E-state index contributed by atoms with van der Waals surface area (Å²) in [6.45, 7) is 0. The van der Waals surface area contributed by atoms with E-state index in [2.05, 4.69) is 5.92 Å². The minimum Gasteiger partial charge on any atom is -0.480 e. The van der Waals surface area contributed by atoms with Gasteiger partial charge in [-0.25, -0.2) is 4.79 Å². The van der Waals surface area contributed by atoms with Gasteiger partial charge in [-0.1, -0.05) is 0 Å². The number of fused-ring (bicyclic) bond motifs is 2. The van der Waals surface area contributed by atoms with Gasteiger partial charge < -0.3 is 9.84 Å². The van der Waals surface area contributed by atoms with Gasteiger partial charge in [-0.05, 0) is 12.8 Å². The van der Waals surface area contributed by atoms with Gasteiger partial charge in [0.05, 0.1) is 0 Å². The Kier molecular flexibility index (Phi) is 2.86. The molecule has 3 atom stereocenters. The number of hydrogen-bond acceptors (Lipinski definition) is 4. The molecule has 0 aliphatic carbocycles. The minimum atomic E-state index is -1.29. The second-order valence-electron chi connectivity index (χ2n) is 4.00. The van der Waals surface area contributed by atoms with Gasteiger partial charge in [0.1, 0.15) is 18.2 Å². The van der Waals surface area contributed by atoms with Crippen molar-refractivity contribution in [3.8, 4) is 12.3 Å². The summed E-state index contributed by atoms with van der Waals surface area (Å²) >= 11 is 0. The molecule has 0 aromatic heterocycles. The predicted molar refractivity (Wildman–Crippen MR) is 54.6 cm³/mol. The van der Waals surface area contributed by atoms with Crippen molar-refractivity contribution in [2.24, 2.45) is 0 Å². The van der Waals surface area contributed by atoms with Crippen molar-refractivity contribution in [3.05, 3.63) is 0 Å². The predicted octanol–water partition coefficient (Wildman–Crippen LogP) is -0.621. The molecule has 2 fully saturated rings. The summed E-state index contributed by atoms with van der Waals surface area (Å²) in [5, 5.41) is 9.00. The molecule has 2 amide bonds. The molecule has 90 valence electrons. The number of likely N-dealkylation sites (tertiary alicyclic amines) is 1. The van der Waals surface area contributed by atoms with Crippen LogP contribution < -0.4 is 0 Å². The lowest BCUT2D eigenvalue weighted by atomic mass is 10.1. The molecule has 6 nitrogen and oxygen atoms in total. The smallest absolute Gasteiger partial charge is 0.327 e. The zero-order chi connectivity index (χ0) is 12.6. The Balaban J connectivity index is 2.29. The van der Waals surface area contributed by atoms with Crippen molar-refractivity contribution >= 4 is 17.8 Å². The molecule has 0 spiro atoms. The highest BCUT2D eigenvalue weighted by atomic mass is 16.5. The van der Waals surface area contributed by atoms with Gasteiger partial charge >= 0.3 is 5.97 Å². The van der Waals surface area contributed by atoms with Crippen LogP contribution in [0.15, 0.2) is 0 Å². The van der Waals surface area contributed by atoms with Crippen molar-refractivity contribution in [1.82, 2.24) is 4.90 Å². The number of carboxylic acids is 1. The van der Waals surface area contributed by atoms with E-state index in [0.29, 0.717) is 12.8 Å². The molecule has 1 N–H and O–H groups in total. The Morgan fingerprint density at radius 1 is 1.47 bits per heavy atom. The first-order valence-corrected chi connectivity index (χ1v) is 5.25. The van der Waals surface area contributed by atoms with E-state index in [1.165, 1.54) is 0 Å². The summed E-state index contributed by atoms with van der Waals surface area (Å²) in [5.41, 5.74) is 0. The third-order valence-electron chi connectivity index (χ3n) is 2.95. The van der Waals surface area contributed by atoms with Crippen LogP contribution in [-0.4, -0.2) is 46.0 Å². The number of ether oxygens (including phenoxy) is 1. The Hall–Kier alpha value is -1.87. The SMILES string of the molecule is C#CCC(C(=O)O)N1C(=O)C2CCC(O2)C1=O. The van der Waals surface area contributed by atoms with E-state index >= 15 is 0 Å². The monoisotopic (exact) mass is 237 g/mol. The molecule has 0 radical (unpaired) electrons. The third-order valence-corrected chi connectivity index (χ3v) is 2.95. The normalized spacial score (nSPS) is 29.0. The molecule has 2 heterocycles.